The number of rotatable bonds is 3. The van der Waals surface area contributed by atoms with Crippen molar-refractivity contribution >= 4 is 16.9 Å². The molecule has 0 bridgehead atoms. The van der Waals surface area contributed by atoms with Gasteiger partial charge in [-0.25, -0.2) is 4.79 Å². The molecule has 1 aromatic heterocycles. The van der Waals surface area contributed by atoms with Crippen molar-refractivity contribution in [2.75, 3.05) is 13.1 Å². The van der Waals surface area contributed by atoms with E-state index in [0.29, 0.717) is 12.6 Å². The second-order valence-corrected chi connectivity index (χ2v) is 6.74. The lowest BCUT2D eigenvalue weighted by atomic mass is 10.2. The Labute approximate surface area is 142 Å². The minimum absolute atomic E-state index is 0.0342. The molecule has 0 radical (unpaired) electrons. The molecule has 2 fully saturated rings. The average molecular weight is 325 g/mol. The Morgan fingerprint density at radius 2 is 2.00 bits per heavy atom. The van der Waals surface area contributed by atoms with Crippen LogP contribution in [0.15, 0.2) is 36.5 Å². The summed E-state index contributed by atoms with van der Waals surface area (Å²) in [6, 6.07) is 10.4. The second-order valence-electron chi connectivity index (χ2n) is 6.74. The number of urea groups is 1. The molecule has 2 heterocycles. The number of carbonyl (C=O) groups is 1. The molecular weight excluding hydrogens is 302 g/mol. The summed E-state index contributed by atoms with van der Waals surface area (Å²) in [5.74, 6) is 0.802. The molecule has 2 aromatic rings. The summed E-state index contributed by atoms with van der Waals surface area (Å²) < 4.78 is 6.15. The second kappa shape index (κ2) is 6.67. The van der Waals surface area contributed by atoms with Gasteiger partial charge in [-0.1, -0.05) is 31.0 Å². The summed E-state index contributed by atoms with van der Waals surface area (Å²) in [4.78, 5) is 18.7. The highest BCUT2D eigenvalue weighted by Gasteiger charge is 2.29. The lowest BCUT2D eigenvalue weighted by molar-refractivity contribution is 0.185. The Hall–Kier alpha value is -2.30. The molecule has 2 amide bonds. The highest BCUT2D eigenvalue weighted by atomic mass is 16.5. The fraction of sp³-hybridized carbons (Fsp3) is 0.474. The molecule has 24 heavy (non-hydrogen) atoms. The van der Waals surface area contributed by atoms with Crippen molar-refractivity contribution in [3.8, 4) is 5.75 Å². The summed E-state index contributed by atoms with van der Waals surface area (Å²) in [5.41, 5.74) is 0.883. The van der Waals surface area contributed by atoms with Crippen LogP contribution >= 0.6 is 0 Å². The predicted octanol–water partition coefficient (Wildman–Crippen LogP) is 3.34. The highest BCUT2D eigenvalue weighted by Crippen LogP contribution is 2.26. The number of benzene rings is 1. The van der Waals surface area contributed by atoms with E-state index in [1.807, 2.05) is 35.2 Å². The van der Waals surface area contributed by atoms with Crippen LogP contribution < -0.4 is 10.1 Å². The lowest BCUT2D eigenvalue weighted by Crippen LogP contribution is -2.43. The van der Waals surface area contributed by atoms with Gasteiger partial charge in [0.1, 0.15) is 17.4 Å². The quantitative estimate of drug-likeness (QED) is 0.941. The van der Waals surface area contributed by atoms with E-state index in [9.17, 15) is 4.79 Å². The van der Waals surface area contributed by atoms with Crippen LogP contribution in [0.25, 0.3) is 10.9 Å². The summed E-state index contributed by atoms with van der Waals surface area (Å²) in [6.45, 7) is 1.39. The minimum Gasteiger partial charge on any atom is -0.486 e. The third-order valence-electron chi connectivity index (χ3n) is 5.00. The Balaban J connectivity index is 1.38. The standard InChI is InChI=1S/C19H23N3O2/c23-19(21-15-7-1-2-8-15)22-12-10-16(13-22)24-17-9-3-5-14-6-4-11-20-18(14)17/h3-6,9,11,15-16H,1-2,7-8,10,12-13H2,(H,21,23). The third-order valence-corrected chi connectivity index (χ3v) is 5.00. The number of para-hydroxylation sites is 1. The van der Waals surface area contributed by atoms with Crippen LogP contribution in [0.4, 0.5) is 4.79 Å². The van der Waals surface area contributed by atoms with E-state index in [4.69, 9.17) is 4.74 Å². The molecular formula is C19H23N3O2. The molecule has 1 unspecified atom stereocenters. The third kappa shape index (κ3) is 3.16. The molecule has 1 saturated heterocycles. The first-order valence-corrected chi connectivity index (χ1v) is 8.85. The van der Waals surface area contributed by atoms with Crippen LogP contribution in [0.3, 0.4) is 0 Å². The molecule has 1 atom stereocenters. The Kier molecular flexibility index (Phi) is 4.24. The molecule has 2 aliphatic rings. The van der Waals surface area contributed by atoms with Crippen molar-refractivity contribution in [2.45, 2.75) is 44.2 Å². The molecule has 1 aromatic carbocycles. The number of likely N-dealkylation sites (tertiary alicyclic amines) is 1. The molecule has 0 spiro atoms. The maximum absolute atomic E-state index is 12.4. The Morgan fingerprint density at radius 3 is 2.88 bits per heavy atom. The van der Waals surface area contributed by atoms with Gasteiger partial charge in [-0.15, -0.1) is 0 Å². The van der Waals surface area contributed by atoms with E-state index in [2.05, 4.69) is 10.3 Å². The van der Waals surface area contributed by atoms with Gasteiger partial charge in [0.2, 0.25) is 0 Å². The fourth-order valence-corrected chi connectivity index (χ4v) is 3.70. The van der Waals surface area contributed by atoms with Crippen molar-refractivity contribution in [3.05, 3.63) is 36.5 Å². The zero-order valence-corrected chi connectivity index (χ0v) is 13.8. The first-order valence-electron chi connectivity index (χ1n) is 8.85. The zero-order valence-electron chi connectivity index (χ0n) is 13.8. The number of ether oxygens (including phenoxy) is 1. The number of amides is 2. The van der Waals surface area contributed by atoms with E-state index in [-0.39, 0.29) is 12.1 Å². The lowest BCUT2D eigenvalue weighted by Gasteiger charge is -2.21. The van der Waals surface area contributed by atoms with Gasteiger partial charge in [0.25, 0.3) is 0 Å². The molecule has 1 aliphatic heterocycles. The summed E-state index contributed by atoms with van der Waals surface area (Å²) >= 11 is 0. The van der Waals surface area contributed by atoms with Crippen LogP contribution in [-0.2, 0) is 0 Å². The summed E-state index contributed by atoms with van der Waals surface area (Å²) in [5, 5.41) is 4.23. The number of hydrogen-bond acceptors (Lipinski definition) is 3. The summed E-state index contributed by atoms with van der Waals surface area (Å²) in [7, 11) is 0. The van der Waals surface area contributed by atoms with Gasteiger partial charge in [0, 0.05) is 30.6 Å². The topological polar surface area (TPSA) is 54.5 Å². The monoisotopic (exact) mass is 325 g/mol. The van der Waals surface area contributed by atoms with Gasteiger partial charge in [-0.3, -0.25) is 4.98 Å². The maximum atomic E-state index is 12.4. The van der Waals surface area contributed by atoms with Gasteiger partial charge >= 0.3 is 6.03 Å². The van der Waals surface area contributed by atoms with E-state index in [0.717, 1.165) is 42.5 Å². The van der Waals surface area contributed by atoms with Crippen LogP contribution in [0.5, 0.6) is 5.75 Å². The number of aromatic nitrogens is 1. The first-order chi connectivity index (χ1) is 11.8. The molecule has 5 heteroatoms. The van der Waals surface area contributed by atoms with Crippen molar-refractivity contribution in [1.82, 2.24) is 15.2 Å². The Bertz CT molecular complexity index is 722. The van der Waals surface area contributed by atoms with Gasteiger partial charge in [0.05, 0.1) is 6.54 Å². The van der Waals surface area contributed by atoms with Gasteiger partial charge in [-0.2, -0.15) is 0 Å². The number of fused-ring (bicyclic) bond motifs is 1. The van der Waals surface area contributed by atoms with Crippen molar-refractivity contribution in [1.29, 1.82) is 0 Å². The molecule has 4 rings (SSSR count). The Morgan fingerprint density at radius 1 is 1.17 bits per heavy atom. The largest absolute Gasteiger partial charge is 0.486 e. The number of nitrogens with zero attached hydrogens (tertiary/aromatic N) is 2. The van der Waals surface area contributed by atoms with Gasteiger partial charge in [0.15, 0.2) is 0 Å². The molecule has 126 valence electrons. The molecule has 1 N–H and O–H groups in total. The van der Waals surface area contributed by atoms with Crippen molar-refractivity contribution in [3.63, 3.8) is 0 Å². The minimum atomic E-state index is 0.0342. The van der Waals surface area contributed by atoms with E-state index < -0.39 is 0 Å². The molecule has 1 aliphatic carbocycles. The molecule has 1 saturated carbocycles. The summed E-state index contributed by atoms with van der Waals surface area (Å²) in [6.07, 6.45) is 7.36. The van der Waals surface area contributed by atoms with E-state index in [1.54, 1.807) is 6.20 Å². The van der Waals surface area contributed by atoms with Crippen LogP contribution in [-0.4, -0.2) is 41.2 Å². The van der Waals surface area contributed by atoms with Crippen molar-refractivity contribution < 1.29 is 9.53 Å². The number of pyridine rings is 1. The van der Waals surface area contributed by atoms with Gasteiger partial charge < -0.3 is 15.0 Å². The average Bonchev–Trinajstić information content (AvgIpc) is 3.27. The van der Waals surface area contributed by atoms with Crippen LogP contribution in [0.1, 0.15) is 32.1 Å². The van der Waals surface area contributed by atoms with Crippen LogP contribution in [0.2, 0.25) is 0 Å². The highest BCUT2D eigenvalue weighted by molar-refractivity contribution is 5.84. The fourth-order valence-electron chi connectivity index (χ4n) is 3.70. The number of carbonyl (C=O) groups excluding carboxylic acids is 1. The van der Waals surface area contributed by atoms with Gasteiger partial charge in [-0.05, 0) is 25.0 Å². The first kappa shape index (κ1) is 15.2. The molecule has 5 nitrogen and oxygen atoms in total. The zero-order chi connectivity index (χ0) is 16.4. The van der Waals surface area contributed by atoms with Crippen LogP contribution in [0, 0.1) is 0 Å². The maximum Gasteiger partial charge on any atom is 0.317 e. The SMILES string of the molecule is O=C(NC1CCCC1)N1CCC(Oc2cccc3cccnc23)C1. The number of hydrogen-bond donors (Lipinski definition) is 1. The number of nitrogens with one attached hydrogen (secondary N) is 1. The van der Waals surface area contributed by atoms with E-state index in [1.165, 1.54) is 12.8 Å². The smallest absolute Gasteiger partial charge is 0.317 e. The van der Waals surface area contributed by atoms with Crippen molar-refractivity contribution in [2.24, 2.45) is 0 Å². The normalized spacial score (nSPS) is 21.3. The van der Waals surface area contributed by atoms with E-state index >= 15 is 0 Å². The predicted molar refractivity (Wildman–Crippen MR) is 93.1 cm³/mol.